The van der Waals surface area contributed by atoms with Crippen LogP contribution in [0.25, 0.3) is 0 Å². The first-order valence-electron chi connectivity index (χ1n) is 10.3. The van der Waals surface area contributed by atoms with Crippen LogP contribution in [0.15, 0.2) is 29.3 Å². The Morgan fingerprint density at radius 2 is 2.00 bits per heavy atom. The molecule has 0 spiro atoms. The number of nitrogens with one attached hydrogen (secondary N) is 2. The molecule has 1 aromatic rings. The minimum absolute atomic E-state index is 0. The SMILES string of the molecule is CN=C(NCCc1ccccc1OC)NCC(C1CCOC1)N1CCOCC1.I. The minimum Gasteiger partial charge on any atom is -0.496 e. The van der Waals surface area contributed by atoms with Crippen molar-refractivity contribution in [2.75, 3.05) is 66.8 Å². The third-order valence-electron chi connectivity index (χ3n) is 5.61. The van der Waals surface area contributed by atoms with E-state index in [-0.39, 0.29) is 24.0 Å². The van der Waals surface area contributed by atoms with Crippen LogP contribution < -0.4 is 15.4 Å². The summed E-state index contributed by atoms with van der Waals surface area (Å²) < 4.78 is 16.6. The first kappa shape index (κ1) is 24.2. The number of halogens is 1. The second-order valence-corrected chi connectivity index (χ2v) is 7.28. The van der Waals surface area contributed by atoms with Crippen LogP contribution >= 0.6 is 24.0 Å². The zero-order valence-corrected chi connectivity index (χ0v) is 19.9. The Kier molecular flexibility index (Phi) is 11.0. The lowest BCUT2D eigenvalue weighted by atomic mass is 9.97. The molecule has 0 saturated carbocycles. The molecule has 2 unspecified atom stereocenters. The van der Waals surface area contributed by atoms with Crippen LogP contribution in [0.1, 0.15) is 12.0 Å². The van der Waals surface area contributed by atoms with Crippen molar-refractivity contribution in [2.45, 2.75) is 18.9 Å². The van der Waals surface area contributed by atoms with E-state index < -0.39 is 0 Å². The average Bonchev–Trinajstić information content (AvgIpc) is 3.28. The average molecular weight is 518 g/mol. The highest BCUT2D eigenvalue weighted by Crippen LogP contribution is 2.22. The van der Waals surface area contributed by atoms with Crippen LogP contribution in [0.2, 0.25) is 0 Å². The van der Waals surface area contributed by atoms with Crippen molar-refractivity contribution in [3.05, 3.63) is 29.8 Å². The maximum absolute atomic E-state index is 5.65. The monoisotopic (exact) mass is 518 g/mol. The van der Waals surface area contributed by atoms with Crippen molar-refractivity contribution in [1.29, 1.82) is 0 Å². The molecule has 0 aromatic heterocycles. The van der Waals surface area contributed by atoms with Crippen molar-refractivity contribution in [2.24, 2.45) is 10.9 Å². The van der Waals surface area contributed by atoms with E-state index in [9.17, 15) is 0 Å². The number of morpholine rings is 1. The van der Waals surface area contributed by atoms with Gasteiger partial charge >= 0.3 is 0 Å². The maximum atomic E-state index is 5.65. The van der Waals surface area contributed by atoms with Crippen molar-refractivity contribution in [1.82, 2.24) is 15.5 Å². The third-order valence-corrected chi connectivity index (χ3v) is 5.61. The van der Waals surface area contributed by atoms with Crippen LogP contribution in [0.4, 0.5) is 0 Å². The van der Waals surface area contributed by atoms with Crippen LogP contribution in [-0.4, -0.2) is 83.7 Å². The highest BCUT2D eigenvalue weighted by atomic mass is 127. The van der Waals surface area contributed by atoms with Gasteiger partial charge in [0.25, 0.3) is 0 Å². The van der Waals surface area contributed by atoms with Crippen molar-refractivity contribution < 1.29 is 14.2 Å². The first-order chi connectivity index (χ1) is 13.8. The van der Waals surface area contributed by atoms with Crippen molar-refractivity contribution >= 4 is 29.9 Å². The summed E-state index contributed by atoms with van der Waals surface area (Å²) in [5.41, 5.74) is 1.20. The van der Waals surface area contributed by atoms with Crippen LogP contribution in [0, 0.1) is 5.92 Å². The van der Waals surface area contributed by atoms with Crippen LogP contribution in [0.5, 0.6) is 5.75 Å². The molecule has 3 rings (SSSR count). The van der Waals surface area contributed by atoms with Crippen LogP contribution in [0.3, 0.4) is 0 Å². The molecule has 7 nitrogen and oxygen atoms in total. The standard InChI is InChI=1S/C21H34N4O3.HI/c1-22-21(23-9-7-17-5-3-4-6-20(17)26-2)24-15-19(18-8-12-28-16-18)25-10-13-27-14-11-25;/h3-6,18-19H,7-16H2,1-2H3,(H2,22,23,24);1H. The second-order valence-electron chi connectivity index (χ2n) is 7.28. The quantitative estimate of drug-likeness (QED) is 0.311. The number of ether oxygens (including phenoxy) is 3. The summed E-state index contributed by atoms with van der Waals surface area (Å²) in [6.07, 6.45) is 2.01. The molecule has 2 fully saturated rings. The Hall–Kier alpha value is -1.10. The van der Waals surface area contributed by atoms with Crippen LogP contribution in [-0.2, 0) is 15.9 Å². The summed E-state index contributed by atoms with van der Waals surface area (Å²) in [7, 11) is 3.53. The number of guanidine groups is 1. The molecule has 2 saturated heterocycles. The van der Waals surface area contributed by atoms with E-state index in [1.165, 1.54) is 5.56 Å². The fourth-order valence-electron chi connectivity index (χ4n) is 4.01. The van der Waals surface area contributed by atoms with Gasteiger partial charge in [-0.3, -0.25) is 9.89 Å². The number of para-hydroxylation sites is 1. The van der Waals surface area contributed by atoms with Crippen molar-refractivity contribution in [3.8, 4) is 5.75 Å². The lowest BCUT2D eigenvalue weighted by Gasteiger charge is -2.37. The summed E-state index contributed by atoms with van der Waals surface area (Å²) in [5.74, 6) is 2.34. The molecule has 2 heterocycles. The molecular formula is C21H35IN4O3. The van der Waals surface area contributed by atoms with Gasteiger partial charge in [0.1, 0.15) is 5.75 Å². The highest BCUT2D eigenvalue weighted by Gasteiger charge is 2.31. The third kappa shape index (κ3) is 7.27. The number of nitrogens with zero attached hydrogens (tertiary/aromatic N) is 2. The molecule has 0 bridgehead atoms. The Morgan fingerprint density at radius 3 is 2.69 bits per heavy atom. The van der Waals surface area contributed by atoms with E-state index in [0.29, 0.717) is 12.0 Å². The van der Waals surface area contributed by atoms with Gasteiger partial charge in [0.2, 0.25) is 0 Å². The van der Waals surface area contributed by atoms with E-state index in [0.717, 1.165) is 77.2 Å². The summed E-state index contributed by atoms with van der Waals surface area (Å²) in [4.78, 5) is 6.93. The summed E-state index contributed by atoms with van der Waals surface area (Å²) >= 11 is 0. The zero-order chi connectivity index (χ0) is 19.6. The summed E-state index contributed by atoms with van der Waals surface area (Å²) in [5, 5.41) is 6.96. The fraction of sp³-hybridized carbons (Fsp3) is 0.667. The van der Waals surface area contributed by atoms with Gasteiger partial charge < -0.3 is 24.8 Å². The summed E-state index contributed by atoms with van der Waals surface area (Å²) in [6.45, 7) is 7.00. The maximum Gasteiger partial charge on any atom is 0.191 e. The van der Waals surface area contributed by atoms with Gasteiger partial charge in [0, 0.05) is 51.8 Å². The highest BCUT2D eigenvalue weighted by molar-refractivity contribution is 14.0. The van der Waals surface area contributed by atoms with Crippen molar-refractivity contribution in [3.63, 3.8) is 0 Å². The molecule has 2 aliphatic rings. The number of benzene rings is 1. The predicted octanol–water partition coefficient (Wildman–Crippen LogP) is 1.76. The smallest absolute Gasteiger partial charge is 0.191 e. The number of hydrogen-bond donors (Lipinski definition) is 2. The first-order valence-corrected chi connectivity index (χ1v) is 10.3. The van der Waals surface area contributed by atoms with Gasteiger partial charge in [-0.25, -0.2) is 0 Å². The van der Waals surface area contributed by atoms with E-state index in [1.54, 1.807) is 7.11 Å². The summed E-state index contributed by atoms with van der Waals surface area (Å²) in [6, 6.07) is 8.58. The topological polar surface area (TPSA) is 67.4 Å². The normalized spacial score (nSPS) is 21.3. The lowest BCUT2D eigenvalue weighted by Crippen LogP contribution is -2.53. The molecule has 0 amide bonds. The van der Waals surface area contributed by atoms with E-state index >= 15 is 0 Å². The van der Waals surface area contributed by atoms with Gasteiger partial charge in [0.05, 0.1) is 26.9 Å². The Morgan fingerprint density at radius 1 is 1.21 bits per heavy atom. The van der Waals surface area contributed by atoms with Gasteiger partial charge in [-0.2, -0.15) is 0 Å². The Labute approximate surface area is 191 Å². The van der Waals surface area contributed by atoms with E-state index in [2.05, 4.69) is 26.6 Å². The molecule has 29 heavy (non-hydrogen) atoms. The largest absolute Gasteiger partial charge is 0.496 e. The molecule has 0 aliphatic carbocycles. The molecule has 2 aliphatic heterocycles. The molecular weight excluding hydrogens is 483 g/mol. The van der Waals surface area contributed by atoms with Gasteiger partial charge in [-0.05, 0) is 24.5 Å². The predicted molar refractivity (Wildman–Crippen MR) is 127 cm³/mol. The molecule has 0 radical (unpaired) electrons. The van der Waals surface area contributed by atoms with Gasteiger partial charge in [-0.1, -0.05) is 18.2 Å². The van der Waals surface area contributed by atoms with E-state index in [1.807, 2.05) is 25.2 Å². The molecule has 1 aromatic carbocycles. The zero-order valence-electron chi connectivity index (χ0n) is 17.6. The Bertz CT molecular complexity index is 620. The number of hydrogen-bond acceptors (Lipinski definition) is 5. The number of methoxy groups -OCH3 is 1. The molecule has 164 valence electrons. The Balaban J connectivity index is 0.00000300. The fourth-order valence-corrected chi connectivity index (χ4v) is 4.01. The second kappa shape index (κ2) is 13.3. The number of aliphatic imine (C=N–C) groups is 1. The molecule has 2 N–H and O–H groups in total. The van der Waals surface area contributed by atoms with E-state index in [4.69, 9.17) is 14.2 Å². The minimum atomic E-state index is 0. The molecule has 8 heteroatoms. The molecule has 2 atom stereocenters. The van der Waals surface area contributed by atoms with Gasteiger partial charge in [0.15, 0.2) is 5.96 Å². The van der Waals surface area contributed by atoms with Gasteiger partial charge in [-0.15, -0.1) is 24.0 Å². The lowest BCUT2D eigenvalue weighted by molar-refractivity contribution is 0.00247. The number of rotatable bonds is 8.